The van der Waals surface area contributed by atoms with Crippen molar-refractivity contribution in [1.29, 1.82) is 0 Å². The van der Waals surface area contributed by atoms with Gasteiger partial charge in [0.2, 0.25) is 11.9 Å². The third kappa shape index (κ3) is 4.06. The fraction of sp³-hybridized carbons (Fsp3) is 0.412. The van der Waals surface area contributed by atoms with E-state index in [4.69, 9.17) is 23.2 Å². The highest BCUT2D eigenvalue weighted by Crippen LogP contribution is 2.36. The van der Waals surface area contributed by atoms with Crippen LogP contribution in [0.5, 0.6) is 0 Å². The van der Waals surface area contributed by atoms with E-state index in [0.29, 0.717) is 21.9 Å². The lowest BCUT2D eigenvalue weighted by Crippen LogP contribution is -2.23. The van der Waals surface area contributed by atoms with Gasteiger partial charge >= 0.3 is 0 Å². The van der Waals surface area contributed by atoms with Gasteiger partial charge in [0, 0.05) is 12.4 Å². The number of imidazole rings is 1. The van der Waals surface area contributed by atoms with Crippen molar-refractivity contribution >= 4 is 35.1 Å². The highest BCUT2D eigenvalue weighted by Gasteiger charge is 2.27. The summed E-state index contributed by atoms with van der Waals surface area (Å²) in [6, 6.07) is 5.43. The zero-order valence-electron chi connectivity index (χ0n) is 12.7. The molecular formula is C17H19Cl2N3O. The molecule has 0 radical (unpaired) electrons. The molecule has 1 saturated carbocycles. The minimum absolute atomic E-state index is 0.0646. The topological polar surface area (TPSA) is 57.8 Å². The van der Waals surface area contributed by atoms with Gasteiger partial charge in [-0.25, -0.2) is 4.98 Å². The molecule has 0 saturated heterocycles. The summed E-state index contributed by atoms with van der Waals surface area (Å²) in [5.41, 5.74) is 0.898. The molecule has 3 rings (SSSR count). The van der Waals surface area contributed by atoms with Gasteiger partial charge in [0.15, 0.2) is 0 Å². The van der Waals surface area contributed by atoms with Crippen LogP contribution in [-0.2, 0) is 4.79 Å². The monoisotopic (exact) mass is 351 g/mol. The largest absolute Gasteiger partial charge is 0.331 e. The zero-order chi connectivity index (χ0) is 16.2. The molecule has 1 aromatic carbocycles. The van der Waals surface area contributed by atoms with E-state index in [1.807, 2.05) is 6.07 Å². The zero-order valence-corrected chi connectivity index (χ0v) is 14.2. The number of nitrogens with zero attached hydrogens (tertiary/aromatic N) is 1. The van der Waals surface area contributed by atoms with Crippen molar-refractivity contribution in [2.75, 3.05) is 5.32 Å². The second-order valence-electron chi connectivity index (χ2n) is 6.04. The summed E-state index contributed by atoms with van der Waals surface area (Å²) in [4.78, 5) is 19.7. The number of aromatic amines is 1. The molecule has 1 fully saturated rings. The number of H-pyrrole nitrogens is 1. The maximum Gasteiger partial charge on any atom is 0.234 e. The molecule has 4 nitrogen and oxygen atoms in total. The van der Waals surface area contributed by atoms with Gasteiger partial charge in [0.25, 0.3) is 0 Å². The molecular weight excluding hydrogens is 333 g/mol. The van der Waals surface area contributed by atoms with Crippen LogP contribution in [-0.4, -0.2) is 15.9 Å². The molecule has 2 N–H and O–H groups in total. The van der Waals surface area contributed by atoms with Gasteiger partial charge in [-0.15, -0.1) is 0 Å². The van der Waals surface area contributed by atoms with E-state index >= 15 is 0 Å². The maximum atomic E-state index is 12.7. The lowest BCUT2D eigenvalue weighted by molar-refractivity contribution is -0.118. The van der Waals surface area contributed by atoms with Crippen molar-refractivity contribution in [3.63, 3.8) is 0 Å². The number of anilines is 1. The van der Waals surface area contributed by atoms with Gasteiger partial charge in [-0.1, -0.05) is 55.0 Å². The molecule has 1 aromatic heterocycles. The number of hydrogen-bond donors (Lipinski definition) is 2. The van der Waals surface area contributed by atoms with Gasteiger partial charge in [-0.3, -0.25) is 10.1 Å². The lowest BCUT2D eigenvalue weighted by atomic mass is 9.87. The SMILES string of the molecule is O=C(Nc1ncc[nH]1)C(CC1CCCC1)c1ccc(Cl)c(Cl)c1. The predicted octanol–water partition coefficient (Wildman–Crippen LogP) is 5.02. The first kappa shape index (κ1) is 16.3. The molecule has 1 atom stereocenters. The molecule has 2 aromatic rings. The van der Waals surface area contributed by atoms with E-state index in [1.165, 1.54) is 25.7 Å². The van der Waals surface area contributed by atoms with Crippen molar-refractivity contribution < 1.29 is 4.79 Å². The molecule has 1 aliphatic carbocycles. The van der Waals surface area contributed by atoms with Crippen LogP contribution in [0, 0.1) is 5.92 Å². The van der Waals surface area contributed by atoms with Crippen molar-refractivity contribution in [2.45, 2.75) is 38.0 Å². The quantitative estimate of drug-likeness (QED) is 0.794. The summed E-state index contributed by atoms with van der Waals surface area (Å²) in [5, 5.41) is 3.83. The number of amides is 1. The van der Waals surface area contributed by atoms with Crippen molar-refractivity contribution in [1.82, 2.24) is 9.97 Å². The molecule has 1 amide bonds. The fourth-order valence-electron chi connectivity index (χ4n) is 3.24. The number of hydrogen-bond acceptors (Lipinski definition) is 2. The summed E-state index contributed by atoms with van der Waals surface area (Å²) in [6.07, 6.45) is 8.99. The van der Waals surface area contributed by atoms with E-state index in [1.54, 1.807) is 24.5 Å². The van der Waals surface area contributed by atoms with Crippen molar-refractivity contribution in [3.8, 4) is 0 Å². The Bertz CT molecular complexity index is 666. The molecule has 0 aliphatic heterocycles. The summed E-state index contributed by atoms with van der Waals surface area (Å²) >= 11 is 12.1. The van der Waals surface area contributed by atoms with E-state index in [2.05, 4.69) is 15.3 Å². The first-order chi connectivity index (χ1) is 11.1. The minimum Gasteiger partial charge on any atom is -0.331 e. The number of carbonyl (C=O) groups is 1. The summed E-state index contributed by atoms with van der Waals surface area (Å²) < 4.78 is 0. The Morgan fingerprint density at radius 2 is 2.09 bits per heavy atom. The normalized spacial score (nSPS) is 16.4. The Balaban J connectivity index is 1.82. The van der Waals surface area contributed by atoms with Crippen LogP contribution >= 0.6 is 23.2 Å². The number of aromatic nitrogens is 2. The Hall–Kier alpha value is -1.52. The fourth-order valence-corrected chi connectivity index (χ4v) is 3.55. The highest BCUT2D eigenvalue weighted by molar-refractivity contribution is 6.42. The number of halogens is 2. The van der Waals surface area contributed by atoms with E-state index in [9.17, 15) is 4.79 Å². The van der Waals surface area contributed by atoms with Crippen LogP contribution in [0.2, 0.25) is 10.0 Å². The Morgan fingerprint density at radius 1 is 1.30 bits per heavy atom. The third-order valence-corrected chi connectivity index (χ3v) is 5.19. The predicted molar refractivity (Wildman–Crippen MR) is 93.0 cm³/mol. The van der Waals surface area contributed by atoms with Crippen molar-refractivity contribution in [2.24, 2.45) is 5.92 Å². The molecule has 23 heavy (non-hydrogen) atoms. The maximum absolute atomic E-state index is 12.7. The highest BCUT2D eigenvalue weighted by atomic mass is 35.5. The van der Waals surface area contributed by atoms with E-state index in [0.717, 1.165) is 12.0 Å². The van der Waals surface area contributed by atoms with Crippen LogP contribution in [0.25, 0.3) is 0 Å². The summed E-state index contributed by atoms with van der Waals surface area (Å²) in [6.45, 7) is 0. The molecule has 0 bridgehead atoms. The van der Waals surface area contributed by atoms with Gasteiger partial charge in [0.05, 0.1) is 16.0 Å². The van der Waals surface area contributed by atoms with Crippen molar-refractivity contribution in [3.05, 3.63) is 46.2 Å². The van der Waals surface area contributed by atoms with Gasteiger partial charge < -0.3 is 4.98 Å². The summed E-state index contributed by atoms with van der Waals surface area (Å²) in [7, 11) is 0. The van der Waals surface area contributed by atoms with Crippen LogP contribution in [0.15, 0.2) is 30.6 Å². The molecule has 1 aliphatic rings. The molecule has 122 valence electrons. The minimum atomic E-state index is -0.252. The Morgan fingerprint density at radius 3 is 2.74 bits per heavy atom. The lowest BCUT2D eigenvalue weighted by Gasteiger charge is -2.20. The number of nitrogens with one attached hydrogen (secondary N) is 2. The second kappa shape index (κ2) is 7.37. The van der Waals surface area contributed by atoms with Gasteiger partial charge in [0.1, 0.15) is 0 Å². The van der Waals surface area contributed by atoms with Crippen LogP contribution in [0.3, 0.4) is 0 Å². The van der Waals surface area contributed by atoms with Crippen LogP contribution < -0.4 is 5.32 Å². The summed E-state index contributed by atoms with van der Waals surface area (Å²) in [5.74, 6) is 0.728. The third-order valence-electron chi connectivity index (χ3n) is 4.45. The Kier molecular flexibility index (Phi) is 5.23. The first-order valence-electron chi connectivity index (χ1n) is 7.88. The van der Waals surface area contributed by atoms with Gasteiger partial charge in [-0.2, -0.15) is 0 Å². The number of carbonyl (C=O) groups excluding carboxylic acids is 1. The van der Waals surface area contributed by atoms with Gasteiger partial charge in [-0.05, 0) is 30.0 Å². The number of rotatable bonds is 5. The second-order valence-corrected chi connectivity index (χ2v) is 6.85. The Labute approximate surface area is 145 Å². The average Bonchev–Trinajstić information content (AvgIpc) is 3.21. The van der Waals surface area contributed by atoms with E-state index < -0.39 is 0 Å². The smallest absolute Gasteiger partial charge is 0.234 e. The molecule has 1 unspecified atom stereocenters. The van der Waals surface area contributed by atoms with Crippen LogP contribution in [0.1, 0.15) is 43.6 Å². The first-order valence-corrected chi connectivity index (χ1v) is 8.64. The average molecular weight is 352 g/mol. The van der Waals surface area contributed by atoms with E-state index in [-0.39, 0.29) is 11.8 Å². The molecule has 6 heteroatoms. The standard InChI is InChI=1S/C17H19Cl2N3O/c18-14-6-5-12(10-15(14)19)13(9-11-3-1-2-4-11)16(23)22-17-20-7-8-21-17/h5-8,10-11,13H,1-4,9H2,(H2,20,21,22,23). The van der Waals surface area contributed by atoms with Crippen LogP contribution in [0.4, 0.5) is 5.95 Å². The molecule has 1 heterocycles. The number of benzene rings is 1. The molecule has 0 spiro atoms.